The number of hydrogen-bond acceptors (Lipinski definition) is 3. The highest BCUT2D eigenvalue weighted by atomic mass is 79.9. The Morgan fingerprint density at radius 3 is 2.60 bits per heavy atom. The van der Waals surface area contributed by atoms with Crippen molar-refractivity contribution in [3.05, 3.63) is 28.2 Å². The molecule has 0 aliphatic heterocycles. The fourth-order valence-electron chi connectivity index (χ4n) is 1.57. The molecule has 1 unspecified atom stereocenters. The average molecular weight is 388 g/mol. The summed E-state index contributed by atoms with van der Waals surface area (Å²) in [4.78, 5) is -0.561. The number of sulfonamides is 1. The molecule has 1 N–H and O–H groups in total. The first-order valence-corrected chi connectivity index (χ1v) is 9.45. The molecule has 114 valence electrons. The molecule has 0 amide bonds. The lowest BCUT2D eigenvalue weighted by Gasteiger charge is -2.15. The summed E-state index contributed by atoms with van der Waals surface area (Å²) in [6.45, 7) is 3.73. The van der Waals surface area contributed by atoms with Gasteiger partial charge in [0.15, 0.2) is 0 Å². The predicted molar refractivity (Wildman–Crippen MR) is 81.5 cm³/mol. The molecule has 1 aromatic carbocycles. The van der Waals surface area contributed by atoms with E-state index in [2.05, 4.69) is 20.7 Å². The Morgan fingerprint density at radius 2 is 2.05 bits per heavy atom. The van der Waals surface area contributed by atoms with E-state index in [4.69, 9.17) is 0 Å². The van der Waals surface area contributed by atoms with Crippen LogP contribution in [0, 0.1) is 11.6 Å². The molecule has 20 heavy (non-hydrogen) atoms. The van der Waals surface area contributed by atoms with E-state index in [1.165, 1.54) is 0 Å². The molecule has 0 fully saturated rings. The molecule has 0 heterocycles. The SMILES string of the molecule is CCSCCC(C)NS(=O)(=O)c1c(F)cc(F)cc1Br. The van der Waals surface area contributed by atoms with Gasteiger partial charge in [-0.05, 0) is 46.8 Å². The van der Waals surface area contributed by atoms with Crippen LogP contribution in [0.25, 0.3) is 0 Å². The highest BCUT2D eigenvalue weighted by molar-refractivity contribution is 9.10. The van der Waals surface area contributed by atoms with Crippen molar-refractivity contribution in [2.24, 2.45) is 0 Å². The molecule has 0 aliphatic carbocycles. The van der Waals surface area contributed by atoms with Gasteiger partial charge in [0.25, 0.3) is 0 Å². The maximum atomic E-state index is 13.7. The largest absolute Gasteiger partial charge is 0.244 e. The van der Waals surface area contributed by atoms with Crippen molar-refractivity contribution in [1.29, 1.82) is 0 Å². The third-order valence-electron chi connectivity index (χ3n) is 2.49. The van der Waals surface area contributed by atoms with Gasteiger partial charge < -0.3 is 0 Å². The summed E-state index contributed by atoms with van der Waals surface area (Å²) >= 11 is 4.58. The molecule has 0 bridgehead atoms. The lowest BCUT2D eigenvalue weighted by molar-refractivity contribution is 0.530. The van der Waals surface area contributed by atoms with Crippen LogP contribution < -0.4 is 4.72 Å². The fraction of sp³-hybridized carbons (Fsp3) is 0.500. The third kappa shape index (κ3) is 4.98. The van der Waals surface area contributed by atoms with Gasteiger partial charge >= 0.3 is 0 Å². The molecule has 8 heteroatoms. The Bertz CT molecular complexity index is 544. The number of thioether (sulfide) groups is 1. The zero-order valence-electron chi connectivity index (χ0n) is 11.1. The summed E-state index contributed by atoms with van der Waals surface area (Å²) < 4.78 is 53.2. The molecule has 1 atom stereocenters. The number of nitrogens with one attached hydrogen (secondary N) is 1. The quantitative estimate of drug-likeness (QED) is 0.727. The Morgan fingerprint density at radius 1 is 1.40 bits per heavy atom. The molecular formula is C12H16BrF2NO2S2. The monoisotopic (exact) mass is 387 g/mol. The van der Waals surface area contributed by atoms with E-state index in [0.717, 1.165) is 17.6 Å². The Hall–Kier alpha value is -0.180. The van der Waals surface area contributed by atoms with E-state index in [9.17, 15) is 17.2 Å². The van der Waals surface area contributed by atoms with Gasteiger partial charge in [0.2, 0.25) is 10.0 Å². The van der Waals surface area contributed by atoms with Gasteiger partial charge in [0, 0.05) is 16.6 Å². The van der Waals surface area contributed by atoms with Crippen LogP contribution in [0.15, 0.2) is 21.5 Å². The van der Waals surface area contributed by atoms with Gasteiger partial charge in [0.1, 0.15) is 16.5 Å². The predicted octanol–water partition coefficient (Wildman–Crippen LogP) is 3.54. The first-order chi connectivity index (χ1) is 9.27. The van der Waals surface area contributed by atoms with Crippen LogP contribution in [-0.2, 0) is 10.0 Å². The van der Waals surface area contributed by atoms with E-state index >= 15 is 0 Å². The van der Waals surface area contributed by atoms with Crippen molar-refractivity contribution in [2.75, 3.05) is 11.5 Å². The molecule has 1 aromatic rings. The average Bonchev–Trinajstić information content (AvgIpc) is 2.26. The van der Waals surface area contributed by atoms with Gasteiger partial charge in [-0.15, -0.1) is 0 Å². The van der Waals surface area contributed by atoms with Crippen molar-refractivity contribution in [2.45, 2.75) is 31.2 Å². The summed E-state index contributed by atoms with van der Waals surface area (Å²) in [5, 5.41) is 0. The second-order valence-corrected chi connectivity index (χ2v) is 8.11. The first-order valence-electron chi connectivity index (χ1n) is 6.02. The Kier molecular flexibility index (Phi) is 6.90. The molecule has 0 aliphatic rings. The standard InChI is InChI=1S/C12H16BrF2NO2S2/c1-3-19-5-4-8(2)16-20(17,18)12-10(13)6-9(14)7-11(12)15/h6-8,16H,3-5H2,1-2H3. The third-order valence-corrected chi connectivity index (χ3v) is 5.97. The van der Waals surface area contributed by atoms with Gasteiger partial charge in [-0.25, -0.2) is 21.9 Å². The molecule has 0 spiro atoms. The second-order valence-electron chi connectivity index (χ2n) is 4.21. The maximum Gasteiger partial charge on any atom is 0.244 e. The molecular weight excluding hydrogens is 372 g/mol. The lowest BCUT2D eigenvalue weighted by atomic mass is 10.3. The molecule has 1 rings (SSSR count). The van der Waals surface area contributed by atoms with Crippen molar-refractivity contribution < 1.29 is 17.2 Å². The summed E-state index contributed by atoms with van der Waals surface area (Å²) in [6.07, 6.45) is 0.637. The summed E-state index contributed by atoms with van der Waals surface area (Å²) in [7, 11) is -4.02. The number of hydrogen-bond donors (Lipinski definition) is 1. The number of benzene rings is 1. The van der Waals surface area contributed by atoms with E-state index in [-0.39, 0.29) is 10.5 Å². The van der Waals surface area contributed by atoms with Crippen LogP contribution in [-0.4, -0.2) is 26.0 Å². The summed E-state index contributed by atoms with van der Waals surface area (Å²) in [5.74, 6) is -0.176. The van der Waals surface area contributed by atoms with Crippen LogP contribution in [0.4, 0.5) is 8.78 Å². The van der Waals surface area contributed by atoms with Crippen molar-refractivity contribution in [1.82, 2.24) is 4.72 Å². The minimum Gasteiger partial charge on any atom is -0.208 e. The molecule has 0 saturated heterocycles. The summed E-state index contributed by atoms with van der Waals surface area (Å²) in [5.41, 5.74) is 0. The van der Waals surface area contributed by atoms with Crippen LogP contribution in [0.1, 0.15) is 20.3 Å². The zero-order valence-corrected chi connectivity index (χ0v) is 14.3. The van der Waals surface area contributed by atoms with E-state index < -0.39 is 26.6 Å². The highest BCUT2D eigenvalue weighted by Gasteiger charge is 2.25. The Labute approximate surface area is 130 Å². The van der Waals surface area contributed by atoms with E-state index in [1.807, 2.05) is 6.92 Å². The summed E-state index contributed by atoms with van der Waals surface area (Å²) in [6, 6.07) is 1.15. The van der Waals surface area contributed by atoms with Gasteiger partial charge in [0.05, 0.1) is 0 Å². The zero-order chi connectivity index (χ0) is 15.3. The Balaban J connectivity index is 2.89. The van der Waals surface area contributed by atoms with Crippen molar-refractivity contribution in [3.63, 3.8) is 0 Å². The highest BCUT2D eigenvalue weighted by Crippen LogP contribution is 2.26. The van der Waals surface area contributed by atoms with E-state index in [0.29, 0.717) is 12.5 Å². The van der Waals surface area contributed by atoms with E-state index in [1.54, 1.807) is 18.7 Å². The second kappa shape index (κ2) is 7.72. The van der Waals surface area contributed by atoms with Crippen LogP contribution in [0.2, 0.25) is 0 Å². The molecule has 3 nitrogen and oxygen atoms in total. The van der Waals surface area contributed by atoms with Crippen LogP contribution in [0.5, 0.6) is 0 Å². The normalized spacial score (nSPS) is 13.4. The number of rotatable bonds is 7. The van der Waals surface area contributed by atoms with Gasteiger partial charge in [-0.3, -0.25) is 0 Å². The maximum absolute atomic E-state index is 13.7. The van der Waals surface area contributed by atoms with Crippen molar-refractivity contribution in [3.8, 4) is 0 Å². The molecule has 0 aromatic heterocycles. The smallest absolute Gasteiger partial charge is 0.208 e. The number of halogens is 3. The topological polar surface area (TPSA) is 46.2 Å². The minimum atomic E-state index is -4.02. The lowest BCUT2D eigenvalue weighted by Crippen LogP contribution is -2.33. The van der Waals surface area contributed by atoms with Crippen molar-refractivity contribution >= 4 is 37.7 Å². The van der Waals surface area contributed by atoms with Crippen LogP contribution in [0.3, 0.4) is 0 Å². The minimum absolute atomic E-state index is 0.127. The van der Waals surface area contributed by atoms with Gasteiger partial charge in [-0.1, -0.05) is 6.92 Å². The van der Waals surface area contributed by atoms with Crippen LogP contribution >= 0.6 is 27.7 Å². The van der Waals surface area contributed by atoms with Gasteiger partial charge in [-0.2, -0.15) is 11.8 Å². The molecule has 0 saturated carbocycles. The fourth-order valence-corrected chi connectivity index (χ4v) is 4.83. The molecule has 0 radical (unpaired) electrons. The first kappa shape index (κ1) is 17.9.